The molecule has 280 valence electrons. The first-order valence-electron chi connectivity index (χ1n) is 16.5. The van der Waals surface area contributed by atoms with Crippen LogP contribution >= 0.6 is 0 Å². The number of carbonyl (C=O) groups is 2. The van der Waals surface area contributed by atoms with E-state index in [-0.39, 0.29) is 12.8 Å². The first kappa shape index (κ1) is 47.6. The third-order valence-electron chi connectivity index (χ3n) is 6.33. The Bertz CT molecular complexity index is 957. The summed E-state index contributed by atoms with van der Waals surface area (Å²) in [6.07, 6.45) is 1.49. The molecule has 12 nitrogen and oxygen atoms in total. The molecule has 0 aromatic rings. The van der Waals surface area contributed by atoms with Gasteiger partial charge in [-0.25, -0.2) is 0 Å². The Morgan fingerprint density at radius 3 is 0.702 bits per heavy atom. The predicted octanol–water partition coefficient (Wildman–Crippen LogP) is 8.17. The normalized spacial score (nSPS) is 14.9. The van der Waals surface area contributed by atoms with E-state index >= 15 is 0 Å². The largest absolute Gasteiger partial charge is 0.481 e. The molecule has 21 heteroatoms. The van der Waals surface area contributed by atoms with E-state index in [9.17, 15) is 9.59 Å². The highest BCUT2D eigenvalue weighted by molar-refractivity contribution is 6.92. The maximum atomic E-state index is 11.0. The highest BCUT2D eigenvalue weighted by Crippen LogP contribution is 2.31. The maximum absolute atomic E-state index is 11.0. The maximum Gasteiger partial charge on any atom is 0.314 e. The van der Waals surface area contributed by atoms with Crippen molar-refractivity contribution in [3.63, 3.8) is 0 Å². The van der Waals surface area contributed by atoms with Crippen LogP contribution in [0.25, 0.3) is 0 Å². The second-order valence-electron chi connectivity index (χ2n) is 16.6. The van der Waals surface area contributed by atoms with E-state index in [1.54, 1.807) is 0 Å². The predicted molar refractivity (Wildman–Crippen MR) is 209 cm³/mol. The summed E-state index contributed by atoms with van der Waals surface area (Å²) in [6, 6.07) is 1.52. The fourth-order valence-electron chi connectivity index (χ4n) is 6.46. The van der Waals surface area contributed by atoms with Gasteiger partial charge in [0, 0.05) is 12.8 Å². The summed E-state index contributed by atoms with van der Waals surface area (Å²) in [5, 5.41) is 18.0. The van der Waals surface area contributed by atoms with Gasteiger partial charge in [0.15, 0.2) is 16.6 Å². The number of carboxylic acids is 2. The van der Waals surface area contributed by atoms with Crippen LogP contribution in [0.1, 0.15) is 25.7 Å². The topological polar surface area (TPSA) is 148 Å². The molecule has 0 saturated carbocycles. The van der Waals surface area contributed by atoms with E-state index in [2.05, 4.69) is 26.2 Å². The Hall–Kier alpha value is 0.572. The molecule has 47 heavy (non-hydrogen) atoms. The SMILES string of the molecule is C[Si](C)(CCCC(=O)O)O[Si](C)(C)O[Si](C)(C)O[Si](C)(C)O[Si](C)(C)O[Si](C)(C)O[Si](C)(C)O[Si](C)(C)O[Si](C)(C)CCCC(=O)O. The van der Waals surface area contributed by atoms with Crippen molar-refractivity contribution in [2.75, 3.05) is 0 Å². The lowest BCUT2D eigenvalue weighted by molar-refractivity contribution is -0.138. The summed E-state index contributed by atoms with van der Waals surface area (Å²) in [5.41, 5.74) is 0. The molecule has 0 aliphatic carbocycles. The van der Waals surface area contributed by atoms with Gasteiger partial charge in [-0.05, 0) is 143 Å². The molecule has 0 aliphatic heterocycles. The second kappa shape index (κ2) is 17.4. The van der Waals surface area contributed by atoms with Gasteiger partial charge >= 0.3 is 71.9 Å². The second-order valence-corrected chi connectivity index (χ2v) is 50.8. The molecule has 0 aromatic carbocycles. The smallest absolute Gasteiger partial charge is 0.314 e. The molecule has 0 aliphatic rings. The molecule has 0 bridgehead atoms. The summed E-state index contributed by atoms with van der Waals surface area (Å²) in [7, 11) is -22.9. The van der Waals surface area contributed by atoms with E-state index < -0.39 is 88.5 Å². The summed E-state index contributed by atoms with van der Waals surface area (Å²) >= 11 is 0. The zero-order valence-electron chi connectivity index (χ0n) is 32.7. The zero-order chi connectivity index (χ0) is 37.6. The molecule has 0 radical (unpaired) electrons. The molecule has 0 aromatic heterocycles. The van der Waals surface area contributed by atoms with Crippen molar-refractivity contribution in [1.29, 1.82) is 0 Å². The highest BCUT2D eigenvalue weighted by atomic mass is 28.5. The summed E-state index contributed by atoms with van der Waals surface area (Å²) < 4.78 is 53.3. The Morgan fingerprint density at radius 1 is 0.362 bits per heavy atom. The third-order valence-corrected chi connectivity index (χ3v) is 41.4. The molecule has 0 unspecified atom stereocenters. The number of rotatable bonds is 24. The number of carboxylic acid groups (broad SMARTS) is 2. The van der Waals surface area contributed by atoms with E-state index in [4.69, 9.17) is 43.1 Å². The van der Waals surface area contributed by atoms with Crippen LogP contribution in [0.2, 0.25) is 130 Å². The van der Waals surface area contributed by atoms with Crippen molar-refractivity contribution in [2.45, 2.75) is 156 Å². The fraction of sp³-hybridized carbons (Fsp3) is 0.923. The van der Waals surface area contributed by atoms with Crippen molar-refractivity contribution in [3.05, 3.63) is 0 Å². The lowest BCUT2D eigenvalue weighted by atomic mass is 10.3. The minimum Gasteiger partial charge on any atom is -0.481 e. The molecular formula is C26H68O12Si9. The van der Waals surface area contributed by atoms with Gasteiger partial charge in [0.1, 0.15) is 0 Å². The molecule has 0 fully saturated rings. The van der Waals surface area contributed by atoms with Crippen molar-refractivity contribution in [1.82, 2.24) is 0 Å². The molecular weight excluding hydrogens is 757 g/mol. The first-order valence-corrected chi connectivity index (χ1v) is 42.5. The fourth-order valence-corrected chi connectivity index (χ4v) is 52.2. The van der Waals surface area contributed by atoms with Crippen molar-refractivity contribution in [2.24, 2.45) is 0 Å². The molecule has 0 heterocycles. The van der Waals surface area contributed by atoms with Gasteiger partial charge in [0.2, 0.25) is 0 Å². The molecule has 0 amide bonds. The summed E-state index contributed by atoms with van der Waals surface area (Å²) in [4.78, 5) is 21.9. The highest BCUT2D eigenvalue weighted by Gasteiger charge is 2.50. The quantitative estimate of drug-likeness (QED) is 0.0905. The van der Waals surface area contributed by atoms with Crippen molar-refractivity contribution >= 4 is 88.5 Å². The van der Waals surface area contributed by atoms with Crippen LogP contribution in [0, 0.1) is 0 Å². The van der Waals surface area contributed by atoms with E-state index in [0.717, 1.165) is 12.1 Å². The zero-order valence-corrected chi connectivity index (χ0v) is 41.7. The Balaban J connectivity index is 5.38. The van der Waals surface area contributed by atoms with Gasteiger partial charge in [-0.2, -0.15) is 0 Å². The molecule has 0 rings (SSSR count). The standard InChI is InChI=1S/C26H68O12Si9/c1-39(2,23-19-21-25(27)28)31-41(5,6)33-43(9,10)35-45(13,14)37-47(17,18)38-46(15,16)36-44(11,12)34-42(7,8)32-40(3,4)24-20-22-26(29)30/h19-24H2,1-18H3,(H,27,28)(H,29,30). The Labute approximate surface area is 295 Å². The third kappa shape index (κ3) is 23.6. The minimum absolute atomic E-state index is 0.147. The van der Waals surface area contributed by atoms with Crippen molar-refractivity contribution < 1.29 is 52.7 Å². The van der Waals surface area contributed by atoms with Crippen LogP contribution in [0.4, 0.5) is 0 Å². The summed E-state index contributed by atoms with van der Waals surface area (Å²) in [5.74, 6) is -1.57. The van der Waals surface area contributed by atoms with E-state index in [1.165, 1.54) is 0 Å². The number of hydrogen-bond donors (Lipinski definition) is 2. The first-order chi connectivity index (χ1) is 20.5. The molecule has 2 N–H and O–H groups in total. The van der Waals surface area contributed by atoms with Crippen LogP contribution in [0.5, 0.6) is 0 Å². The average molecular weight is 826 g/mol. The summed E-state index contributed by atoms with van der Waals surface area (Å²) in [6.45, 7) is 36.8. The average Bonchev–Trinajstić information content (AvgIpc) is 2.64. The number of hydrogen-bond acceptors (Lipinski definition) is 10. The van der Waals surface area contributed by atoms with E-state index in [0.29, 0.717) is 12.8 Å². The van der Waals surface area contributed by atoms with Gasteiger partial charge in [0.05, 0.1) is 0 Å². The lowest BCUT2D eigenvalue weighted by Gasteiger charge is -2.44. The Kier molecular flexibility index (Phi) is 17.6. The molecule has 0 spiro atoms. The minimum atomic E-state index is -2.73. The van der Waals surface area contributed by atoms with Gasteiger partial charge in [-0.1, -0.05) is 0 Å². The van der Waals surface area contributed by atoms with Crippen LogP contribution in [0.15, 0.2) is 0 Å². The van der Waals surface area contributed by atoms with Gasteiger partial charge < -0.3 is 43.1 Å². The lowest BCUT2D eigenvalue weighted by Crippen LogP contribution is -2.62. The Morgan fingerprint density at radius 2 is 0.532 bits per heavy atom. The number of aliphatic carboxylic acids is 2. The molecule has 0 atom stereocenters. The van der Waals surface area contributed by atoms with Crippen LogP contribution < -0.4 is 0 Å². The van der Waals surface area contributed by atoms with Gasteiger partial charge in [0.25, 0.3) is 0 Å². The van der Waals surface area contributed by atoms with Crippen LogP contribution in [-0.4, -0.2) is 98.7 Å². The van der Waals surface area contributed by atoms with E-state index in [1.807, 2.05) is 91.7 Å². The van der Waals surface area contributed by atoms with Crippen LogP contribution in [0.3, 0.4) is 0 Å². The molecule has 0 saturated heterocycles. The van der Waals surface area contributed by atoms with Gasteiger partial charge in [-0.3, -0.25) is 9.59 Å². The monoisotopic (exact) mass is 824 g/mol. The van der Waals surface area contributed by atoms with Crippen molar-refractivity contribution in [3.8, 4) is 0 Å². The van der Waals surface area contributed by atoms with Crippen LogP contribution in [-0.2, 0) is 42.5 Å². The van der Waals surface area contributed by atoms with Gasteiger partial charge in [-0.15, -0.1) is 0 Å².